The van der Waals surface area contributed by atoms with Gasteiger partial charge in [0.25, 0.3) is 5.56 Å². The molecule has 0 bridgehead atoms. The maximum absolute atomic E-state index is 11.7. The normalized spacial score (nSPS) is 15.1. The van der Waals surface area contributed by atoms with E-state index in [4.69, 9.17) is 4.11 Å². The summed E-state index contributed by atoms with van der Waals surface area (Å²) < 4.78 is 24.7. The number of aryl methyl sites for hydroxylation is 2. The van der Waals surface area contributed by atoms with Crippen LogP contribution < -0.4 is 11.2 Å². The highest BCUT2D eigenvalue weighted by Crippen LogP contribution is 2.02. The Kier molecular flexibility index (Phi) is 1.06. The van der Waals surface area contributed by atoms with Crippen molar-refractivity contribution in [2.24, 2.45) is 21.1 Å². The number of imidazole rings is 1. The molecule has 0 fully saturated rings. The largest absolute Gasteiger partial charge is 0.332 e. The number of rotatable bonds is 0. The van der Waals surface area contributed by atoms with Crippen LogP contribution >= 0.6 is 0 Å². The Morgan fingerprint density at radius 1 is 1.36 bits per heavy atom. The molecule has 0 spiro atoms. The summed E-state index contributed by atoms with van der Waals surface area (Å²) in [7, 11) is 2.71. The van der Waals surface area contributed by atoms with Gasteiger partial charge in [-0.2, -0.15) is 0 Å². The third-order valence-corrected chi connectivity index (χ3v) is 2.14. The third kappa shape index (κ3) is 0.876. The molecule has 2 rings (SSSR count). The molecule has 0 unspecified atom stereocenters. The quantitative estimate of drug-likeness (QED) is 0.542. The molecule has 0 radical (unpaired) electrons. The first-order valence-corrected chi connectivity index (χ1v) is 3.88. The molecule has 0 aliphatic heterocycles. The van der Waals surface area contributed by atoms with Gasteiger partial charge in [0.15, 0.2) is 5.52 Å². The van der Waals surface area contributed by atoms with Gasteiger partial charge in [-0.05, 0) is 0 Å². The van der Waals surface area contributed by atoms with Crippen LogP contribution in [0.25, 0.3) is 11.2 Å². The summed E-state index contributed by atoms with van der Waals surface area (Å²) in [4.78, 5) is 27.2. The maximum atomic E-state index is 11.7. The summed E-state index contributed by atoms with van der Waals surface area (Å²) in [5, 5.41) is 0. The second-order valence-electron chi connectivity index (χ2n) is 2.99. The van der Waals surface area contributed by atoms with Gasteiger partial charge in [-0.15, -0.1) is 0 Å². The van der Waals surface area contributed by atoms with Crippen molar-refractivity contribution in [3.05, 3.63) is 27.2 Å². The van der Waals surface area contributed by atoms with Gasteiger partial charge in [-0.3, -0.25) is 13.9 Å². The molecule has 0 saturated heterocycles. The van der Waals surface area contributed by atoms with E-state index in [-0.39, 0.29) is 11.2 Å². The van der Waals surface area contributed by atoms with Gasteiger partial charge in [0, 0.05) is 25.2 Å². The lowest BCUT2D eigenvalue weighted by molar-refractivity contribution is 0.698. The predicted molar refractivity (Wildman–Crippen MR) is 51.2 cm³/mol. The topological polar surface area (TPSA) is 61.8 Å². The number of nitrogens with zero attached hydrogens (tertiary/aromatic N) is 4. The smallest absolute Gasteiger partial charge is 0.320 e. The Balaban J connectivity index is 3.07. The molecule has 0 saturated carbocycles. The molecule has 74 valence electrons. The van der Waals surface area contributed by atoms with Crippen molar-refractivity contribution in [2.75, 3.05) is 0 Å². The van der Waals surface area contributed by atoms with Crippen LogP contribution in [0.1, 0.15) is 4.11 Å². The van der Waals surface area contributed by atoms with E-state index in [9.17, 15) is 9.59 Å². The van der Waals surface area contributed by atoms with E-state index < -0.39 is 18.2 Å². The van der Waals surface area contributed by atoms with Gasteiger partial charge >= 0.3 is 5.69 Å². The van der Waals surface area contributed by atoms with Crippen molar-refractivity contribution in [3.8, 4) is 0 Å². The Morgan fingerprint density at radius 2 is 2.07 bits per heavy atom. The van der Waals surface area contributed by atoms with E-state index in [2.05, 4.69) is 4.98 Å². The van der Waals surface area contributed by atoms with Gasteiger partial charge in [0.2, 0.25) is 0 Å². The first-order chi connectivity index (χ1) is 7.75. The summed E-state index contributed by atoms with van der Waals surface area (Å²) in [6, 6.07) is 0. The van der Waals surface area contributed by atoms with Crippen LogP contribution in [0.2, 0.25) is 0 Å². The fourth-order valence-electron chi connectivity index (χ4n) is 1.37. The highest BCUT2D eigenvalue weighted by Gasteiger charge is 2.11. The van der Waals surface area contributed by atoms with Crippen LogP contribution in [0.4, 0.5) is 0 Å². The lowest BCUT2D eigenvalue weighted by Crippen LogP contribution is -2.37. The zero-order chi connectivity index (χ0) is 13.0. The second-order valence-corrected chi connectivity index (χ2v) is 2.99. The van der Waals surface area contributed by atoms with Crippen LogP contribution in [0.5, 0.6) is 0 Å². The first kappa shape index (κ1) is 5.79. The van der Waals surface area contributed by atoms with Crippen molar-refractivity contribution >= 4 is 11.2 Å². The number of aromatic nitrogens is 4. The summed E-state index contributed by atoms with van der Waals surface area (Å²) in [6.45, 7) is -2.48. The molecular weight excluding hydrogens is 184 g/mol. The minimum Gasteiger partial charge on any atom is -0.320 e. The molecule has 6 heteroatoms. The zero-order valence-corrected chi connectivity index (χ0v) is 7.68. The van der Waals surface area contributed by atoms with Crippen LogP contribution in [0.3, 0.4) is 0 Å². The molecule has 0 aliphatic carbocycles. The summed E-state index contributed by atoms with van der Waals surface area (Å²) in [5.41, 5.74) is -1.23. The van der Waals surface area contributed by atoms with Gasteiger partial charge in [0.1, 0.15) is 5.65 Å². The summed E-state index contributed by atoms with van der Waals surface area (Å²) in [6.07, 6.45) is 1.04. The van der Waals surface area contributed by atoms with Crippen molar-refractivity contribution in [2.45, 2.75) is 0 Å². The standard InChI is InChI=1S/C8H10N4O2/c1-10-4-9-5-6(10)11(2)8(14)12(3)7(5)13/h4H,1-3H3/i1D3. The van der Waals surface area contributed by atoms with Gasteiger partial charge < -0.3 is 4.57 Å². The Morgan fingerprint density at radius 3 is 2.71 bits per heavy atom. The van der Waals surface area contributed by atoms with Gasteiger partial charge in [-0.25, -0.2) is 9.78 Å². The summed E-state index contributed by atoms with van der Waals surface area (Å²) in [5.74, 6) is 0. The average molecular weight is 197 g/mol. The molecule has 0 amide bonds. The van der Waals surface area contributed by atoms with E-state index in [1.165, 1.54) is 14.1 Å². The van der Waals surface area contributed by atoms with Crippen molar-refractivity contribution in [1.29, 1.82) is 0 Å². The predicted octanol–water partition coefficient (Wildman–Crippen LogP) is -1.03. The fourth-order valence-corrected chi connectivity index (χ4v) is 1.37. The molecule has 0 atom stereocenters. The number of hydrogen-bond donors (Lipinski definition) is 0. The molecule has 2 heterocycles. The molecule has 14 heavy (non-hydrogen) atoms. The SMILES string of the molecule is [2H]C([2H])([2H])n1cnc2c(=O)n(C)c(=O)n(C)c21. The van der Waals surface area contributed by atoms with Crippen molar-refractivity contribution in [3.63, 3.8) is 0 Å². The van der Waals surface area contributed by atoms with Crippen molar-refractivity contribution in [1.82, 2.24) is 18.7 Å². The highest BCUT2D eigenvalue weighted by molar-refractivity contribution is 5.69. The minimum absolute atomic E-state index is 0.00176. The lowest BCUT2D eigenvalue weighted by atomic mass is 10.5. The van der Waals surface area contributed by atoms with Crippen LogP contribution in [0.15, 0.2) is 15.9 Å². The summed E-state index contributed by atoms with van der Waals surface area (Å²) >= 11 is 0. The third-order valence-electron chi connectivity index (χ3n) is 2.14. The minimum atomic E-state index is -2.48. The lowest BCUT2D eigenvalue weighted by Gasteiger charge is -2.04. The molecular formula is C8H10N4O2. The van der Waals surface area contributed by atoms with E-state index >= 15 is 0 Å². The number of fused-ring (bicyclic) bond motifs is 1. The maximum Gasteiger partial charge on any atom is 0.332 e. The Bertz CT molecular complexity index is 706. The molecule has 6 nitrogen and oxygen atoms in total. The fraction of sp³-hybridized carbons (Fsp3) is 0.375. The van der Waals surface area contributed by atoms with E-state index in [0.717, 1.165) is 20.0 Å². The highest BCUT2D eigenvalue weighted by atomic mass is 16.2. The average Bonchev–Trinajstić information content (AvgIpc) is 2.67. The zero-order valence-electron chi connectivity index (χ0n) is 10.7. The van der Waals surface area contributed by atoms with Crippen LogP contribution in [-0.2, 0) is 21.1 Å². The Hall–Kier alpha value is -1.85. The van der Waals surface area contributed by atoms with E-state index in [1.54, 1.807) is 0 Å². The molecule has 2 aromatic heterocycles. The molecule has 0 aromatic carbocycles. The Labute approximate surface area is 83.2 Å². The van der Waals surface area contributed by atoms with Gasteiger partial charge in [-0.1, -0.05) is 0 Å². The van der Waals surface area contributed by atoms with E-state index in [0.29, 0.717) is 0 Å². The second kappa shape index (κ2) is 2.57. The van der Waals surface area contributed by atoms with Crippen molar-refractivity contribution < 1.29 is 4.11 Å². The van der Waals surface area contributed by atoms with Crippen LogP contribution in [0, 0.1) is 0 Å². The van der Waals surface area contributed by atoms with Gasteiger partial charge in [0.05, 0.1) is 6.33 Å². The number of hydrogen-bond acceptors (Lipinski definition) is 3. The molecule has 0 N–H and O–H groups in total. The first-order valence-electron chi connectivity index (χ1n) is 5.38. The molecule has 0 aliphatic rings. The molecule has 2 aromatic rings. The van der Waals surface area contributed by atoms with Crippen LogP contribution in [-0.4, -0.2) is 18.7 Å². The monoisotopic (exact) mass is 197 g/mol. The van der Waals surface area contributed by atoms with E-state index in [1.807, 2.05) is 0 Å².